The summed E-state index contributed by atoms with van der Waals surface area (Å²) in [5, 5.41) is 0. The van der Waals surface area contributed by atoms with Gasteiger partial charge in [-0.2, -0.15) is 0 Å². The maximum absolute atomic E-state index is 11.0. The Morgan fingerprint density at radius 3 is 2.29 bits per heavy atom. The summed E-state index contributed by atoms with van der Waals surface area (Å²) < 4.78 is 9.94. The summed E-state index contributed by atoms with van der Waals surface area (Å²) in [5.74, 6) is -0.495. The number of hydrogen-bond donors (Lipinski definition) is 0. The Hall–Kier alpha value is -0.843. The first-order valence-corrected chi connectivity index (χ1v) is 7.84. The average molecular weight is 218 g/mol. The van der Waals surface area contributed by atoms with Crippen LogP contribution in [0.4, 0.5) is 0 Å². The summed E-state index contributed by atoms with van der Waals surface area (Å²) in [4.78, 5) is 21.8. The maximum atomic E-state index is 11.0. The number of hydrogen-bond acceptors (Lipinski definition) is 4. The minimum absolute atomic E-state index is 0.222. The topological polar surface area (TPSA) is 52.6 Å². The Balaban J connectivity index is 3.86. The lowest BCUT2D eigenvalue weighted by Crippen LogP contribution is -2.33. The highest BCUT2D eigenvalue weighted by Gasteiger charge is 2.26. The highest BCUT2D eigenvalue weighted by molar-refractivity contribution is 6.72. The predicted molar refractivity (Wildman–Crippen MR) is 55.3 cm³/mol. The fourth-order valence-electron chi connectivity index (χ4n) is 1.08. The van der Waals surface area contributed by atoms with Crippen LogP contribution in [0.5, 0.6) is 0 Å². The van der Waals surface area contributed by atoms with E-state index in [0.717, 1.165) is 0 Å². The lowest BCUT2D eigenvalue weighted by Gasteiger charge is -2.20. The molecule has 4 nitrogen and oxygen atoms in total. The molecule has 0 atom stereocenters. The van der Waals surface area contributed by atoms with Crippen molar-refractivity contribution in [2.24, 2.45) is 0 Å². The third kappa shape index (κ3) is 6.65. The van der Waals surface area contributed by atoms with Crippen LogP contribution in [-0.2, 0) is 18.8 Å². The number of ether oxygens (including phenoxy) is 1. The standard InChI is InChI=1S/C9H18O4Si/c1-5-12-9(11)6-7-14(3,4)13-8(2)10/h5-7H2,1-4H3. The first-order valence-electron chi connectivity index (χ1n) is 4.72. The van der Waals surface area contributed by atoms with Gasteiger partial charge in [0.2, 0.25) is 8.32 Å². The van der Waals surface area contributed by atoms with Crippen molar-refractivity contribution in [2.45, 2.75) is 39.4 Å². The lowest BCUT2D eigenvalue weighted by atomic mass is 10.5. The molecule has 0 aromatic carbocycles. The summed E-state index contributed by atoms with van der Waals surface area (Å²) in [6, 6.07) is 0.616. The van der Waals surface area contributed by atoms with Gasteiger partial charge in [0.1, 0.15) is 0 Å². The SMILES string of the molecule is CCOC(=O)CC[Si](C)(C)OC(C)=O. The molecule has 5 heteroatoms. The van der Waals surface area contributed by atoms with Gasteiger partial charge in [0.25, 0.3) is 5.97 Å². The number of esters is 1. The first kappa shape index (κ1) is 13.2. The Morgan fingerprint density at radius 1 is 1.29 bits per heavy atom. The van der Waals surface area contributed by atoms with Crippen LogP contribution in [0.15, 0.2) is 0 Å². The van der Waals surface area contributed by atoms with E-state index in [1.165, 1.54) is 6.92 Å². The van der Waals surface area contributed by atoms with Crippen LogP contribution in [0.25, 0.3) is 0 Å². The summed E-state index contributed by atoms with van der Waals surface area (Å²) in [6.45, 7) is 7.38. The molecule has 0 spiro atoms. The van der Waals surface area contributed by atoms with E-state index >= 15 is 0 Å². The predicted octanol–water partition coefficient (Wildman–Crippen LogP) is 1.71. The van der Waals surface area contributed by atoms with Crippen LogP contribution in [0.3, 0.4) is 0 Å². The number of rotatable bonds is 5. The summed E-state index contributed by atoms with van der Waals surface area (Å²) in [6.07, 6.45) is 0.334. The van der Waals surface area contributed by atoms with Crippen molar-refractivity contribution in [3.8, 4) is 0 Å². The smallest absolute Gasteiger partial charge is 0.305 e. The van der Waals surface area contributed by atoms with Crippen molar-refractivity contribution in [2.75, 3.05) is 6.61 Å². The molecule has 82 valence electrons. The third-order valence-electron chi connectivity index (χ3n) is 1.66. The quantitative estimate of drug-likeness (QED) is 0.520. The van der Waals surface area contributed by atoms with E-state index in [4.69, 9.17) is 9.16 Å². The second kappa shape index (κ2) is 5.80. The maximum Gasteiger partial charge on any atom is 0.305 e. The van der Waals surface area contributed by atoms with Crippen molar-refractivity contribution >= 4 is 20.3 Å². The van der Waals surface area contributed by atoms with Crippen LogP contribution >= 0.6 is 0 Å². The van der Waals surface area contributed by atoms with Crippen LogP contribution < -0.4 is 0 Å². The minimum atomic E-state index is -2.01. The van der Waals surface area contributed by atoms with Gasteiger partial charge in [-0.3, -0.25) is 9.59 Å². The third-order valence-corrected chi connectivity index (χ3v) is 3.95. The highest BCUT2D eigenvalue weighted by atomic mass is 28.4. The molecule has 0 bridgehead atoms. The molecule has 0 heterocycles. The molecular formula is C9H18O4Si. The Kier molecular flexibility index (Phi) is 5.45. The van der Waals surface area contributed by atoms with E-state index in [1.807, 2.05) is 13.1 Å². The molecule has 0 N–H and O–H groups in total. The fourth-order valence-corrected chi connectivity index (χ4v) is 2.76. The number of carbonyl (C=O) groups is 2. The van der Waals surface area contributed by atoms with Crippen molar-refractivity contribution in [1.82, 2.24) is 0 Å². The lowest BCUT2D eigenvalue weighted by molar-refractivity contribution is -0.143. The van der Waals surface area contributed by atoms with Gasteiger partial charge in [-0.1, -0.05) is 0 Å². The van der Waals surface area contributed by atoms with Crippen molar-refractivity contribution in [3.05, 3.63) is 0 Å². The van der Waals surface area contributed by atoms with Crippen LogP contribution in [-0.4, -0.2) is 26.9 Å². The Labute approximate surface area is 85.7 Å². The van der Waals surface area contributed by atoms with E-state index in [1.54, 1.807) is 6.92 Å². The van der Waals surface area contributed by atoms with Gasteiger partial charge >= 0.3 is 5.97 Å². The van der Waals surface area contributed by atoms with Gasteiger partial charge in [-0.15, -0.1) is 0 Å². The zero-order chi connectivity index (χ0) is 11.2. The summed E-state index contributed by atoms with van der Waals surface area (Å²) in [5.41, 5.74) is 0. The fraction of sp³-hybridized carbons (Fsp3) is 0.778. The van der Waals surface area contributed by atoms with Gasteiger partial charge in [0.05, 0.1) is 6.61 Å². The monoisotopic (exact) mass is 218 g/mol. The second-order valence-electron chi connectivity index (χ2n) is 3.66. The molecule has 0 aromatic heterocycles. The van der Waals surface area contributed by atoms with E-state index in [9.17, 15) is 9.59 Å². The molecule has 0 aliphatic heterocycles. The van der Waals surface area contributed by atoms with E-state index in [-0.39, 0.29) is 11.9 Å². The van der Waals surface area contributed by atoms with E-state index < -0.39 is 8.32 Å². The molecular weight excluding hydrogens is 200 g/mol. The van der Waals surface area contributed by atoms with Crippen LogP contribution in [0.1, 0.15) is 20.3 Å². The zero-order valence-electron chi connectivity index (χ0n) is 9.25. The number of carbonyl (C=O) groups excluding carboxylic acids is 2. The van der Waals surface area contributed by atoms with Crippen LogP contribution in [0.2, 0.25) is 19.1 Å². The van der Waals surface area contributed by atoms with Gasteiger partial charge in [-0.25, -0.2) is 0 Å². The molecule has 0 fully saturated rings. The van der Waals surface area contributed by atoms with Gasteiger partial charge in [-0.05, 0) is 26.1 Å². The summed E-state index contributed by atoms with van der Waals surface area (Å²) in [7, 11) is -2.01. The zero-order valence-corrected chi connectivity index (χ0v) is 10.3. The Bertz CT molecular complexity index is 213. The largest absolute Gasteiger partial charge is 0.520 e. The van der Waals surface area contributed by atoms with E-state index in [2.05, 4.69) is 0 Å². The molecule has 0 unspecified atom stereocenters. The van der Waals surface area contributed by atoms with Crippen molar-refractivity contribution in [3.63, 3.8) is 0 Å². The minimum Gasteiger partial charge on any atom is -0.520 e. The first-order chi connectivity index (χ1) is 6.37. The normalized spacial score (nSPS) is 10.9. The van der Waals surface area contributed by atoms with Crippen molar-refractivity contribution in [1.29, 1.82) is 0 Å². The molecule has 0 saturated heterocycles. The molecule has 0 aliphatic rings. The second-order valence-corrected chi connectivity index (χ2v) is 7.88. The van der Waals surface area contributed by atoms with Gasteiger partial charge < -0.3 is 9.16 Å². The molecule has 14 heavy (non-hydrogen) atoms. The molecule has 0 rings (SSSR count). The molecule has 0 radical (unpaired) electrons. The summed E-state index contributed by atoms with van der Waals surface area (Å²) >= 11 is 0. The molecule has 0 aromatic rings. The molecule has 0 aliphatic carbocycles. The van der Waals surface area contributed by atoms with Gasteiger partial charge in [0, 0.05) is 13.3 Å². The van der Waals surface area contributed by atoms with Gasteiger partial charge in [0.15, 0.2) is 0 Å². The average Bonchev–Trinajstić information content (AvgIpc) is 1.99. The van der Waals surface area contributed by atoms with Crippen LogP contribution in [0, 0.1) is 0 Å². The Morgan fingerprint density at radius 2 is 1.86 bits per heavy atom. The highest BCUT2D eigenvalue weighted by Crippen LogP contribution is 2.14. The van der Waals surface area contributed by atoms with E-state index in [0.29, 0.717) is 19.1 Å². The molecule has 0 amide bonds. The van der Waals surface area contributed by atoms with Crippen molar-refractivity contribution < 1.29 is 18.8 Å². The molecule has 0 saturated carbocycles.